The number of rotatable bonds is 5. The Morgan fingerprint density at radius 2 is 2.16 bits per heavy atom. The number of aromatic amines is 1. The maximum Gasteiger partial charge on any atom is 0.250 e. The van der Waals surface area contributed by atoms with Crippen LogP contribution in [0.5, 0.6) is 0 Å². The summed E-state index contributed by atoms with van der Waals surface area (Å²) in [6, 6.07) is 5.36. The number of carbonyl (C=O) groups is 1. The number of hydrogen-bond donors (Lipinski definition) is 2. The first kappa shape index (κ1) is 16.7. The summed E-state index contributed by atoms with van der Waals surface area (Å²) in [5.74, 6) is -0.122. The van der Waals surface area contributed by atoms with E-state index in [2.05, 4.69) is 23.8 Å². The fourth-order valence-corrected chi connectivity index (χ4v) is 2.73. The molecular formula is C19H20N4O2. The lowest BCUT2D eigenvalue weighted by Gasteiger charge is -2.10. The van der Waals surface area contributed by atoms with Crippen molar-refractivity contribution in [2.24, 2.45) is 11.7 Å². The molecule has 0 aliphatic rings. The molecule has 0 aliphatic heterocycles. The Hall–Kier alpha value is -3.15. The summed E-state index contributed by atoms with van der Waals surface area (Å²) in [5, 5.41) is 0.886. The van der Waals surface area contributed by atoms with E-state index in [1.165, 1.54) is 6.08 Å². The smallest absolute Gasteiger partial charge is 0.250 e. The molecule has 0 spiro atoms. The van der Waals surface area contributed by atoms with Crippen LogP contribution >= 0.6 is 0 Å². The molecule has 0 saturated carbocycles. The molecule has 1 amide bonds. The van der Waals surface area contributed by atoms with Crippen molar-refractivity contribution in [3.63, 3.8) is 0 Å². The SMILES string of the molecule is CC(C)Cn1cc(-c2cnc3[nH]cc(/C=C/C(N)=O)c3c2)ccc1=O. The molecular weight excluding hydrogens is 316 g/mol. The molecule has 3 aromatic rings. The second-order valence-electron chi connectivity index (χ2n) is 6.40. The number of primary amides is 1. The average Bonchev–Trinajstić information content (AvgIpc) is 2.97. The van der Waals surface area contributed by atoms with Crippen LogP contribution in [0, 0.1) is 5.92 Å². The fraction of sp³-hybridized carbons (Fsp3) is 0.211. The van der Waals surface area contributed by atoms with Crippen molar-refractivity contribution in [2.45, 2.75) is 20.4 Å². The van der Waals surface area contributed by atoms with Gasteiger partial charge in [0.1, 0.15) is 5.65 Å². The van der Waals surface area contributed by atoms with E-state index in [0.29, 0.717) is 12.5 Å². The van der Waals surface area contributed by atoms with E-state index in [-0.39, 0.29) is 5.56 Å². The molecule has 6 heteroatoms. The van der Waals surface area contributed by atoms with Gasteiger partial charge in [0.25, 0.3) is 5.56 Å². The summed E-state index contributed by atoms with van der Waals surface area (Å²) in [6.07, 6.45) is 8.38. The van der Waals surface area contributed by atoms with Gasteiger partial charge in [-0.3, -0.25) is 9.59 Å². The summed E-state index contributed by atoms with van der Waals surface area (Å²) in [5.41, 5.74) is 8.52. The van der Waals surface area contributed by atoms with Crippen LogP contribution in [0.2, 0.25) is 0 Å². The third-order valence-corrected chi connectivity index (χ3v) is 3.87. The van der Waals surface area contributed by atoms with Crippen LogP contribution in [0.15, 0.2) is 47.7 Å². The van der Waals surface area contributed by atoms with E-state index in [4.69, 9.17) is 5.73 Å². The average molecular weight is 336 g/mol. The number of nitrogens with one attached hydrogen (secondary N) is 1. The minimum absolute atomic E-state index is 0.0155. The molecule has 0 saturated heterocycles. The van der Waals surface area contributed by atoms with Crippen LogP contribution < -0.4 is 11.3 Å². The summed E-state index contributed by atoms with van der Waals surface area (Å²) in [4.78, 5) is 30.4. The Labute approximate surface area is 145 Å². The predicted octanol–water partition coefficient (Wildman–Crippen LogP) is 2.55. The van der Waals surface area contributed by atoms with Gasteiger partial charge in [-0.15, -0.1) is 0 Å². The molecule has 0 atom stereocenters. The number of aromatic nitrogens is 3. The number of carbonyl (C=O) groups excluding carboxylic acids is 1. The highest BCUT2D eigenvalue weighted by Gasteiger charge is 2.08. The van der Waals surface area contributed by atoms with Gasteiger partial charge in [-0.25, -0.2) is 4.98 Å². The molecule has 3 heterocycles. The molecule has 128 valence electrons. The lowest BCUT2D eigenvalue weighted by atomic mass is 10.1. The molecule has 3 aromatic heterocycles. The standard InChI is InChI=1S/C19H20N4O2/c1-12(2)10-23-11-14(4-6-18(23)25)15-7-16-13(3-5-17(20)24)8-21-19(16)22-9-15/h3-9,11-12H,10H2,1-2H3,(H2,20,24)(H,21,22)/b5-3+. The highest BCUT2D eigenvalue weighted by atomic mass is 16.1. The van der Waals surface area contributed by atoms with Crippen molar-refractivity contribution in [1.82, 2.24) is 14.5 Å². The minimum Gasteiger partial charge on any atom is -0.366 e. The van der Waals surface area contributed by atoms with Crippen molar-refractivity contribution >= 4 is 23.0 Å². The van der Waals surface area contributed by atoms with Crippen molar-refractivity contribution < 1.29 is 4.79 Å². The Kier molecular flexibility index (Phi) is 4.52. The topological polar surface area (TPSA) is 93.8 Å². The van der Waals surface area contributed by atoms with Crippen LogP contribution in [0.25, 0.3) is 28.2 Å². The number of pyridine rings is 2. The van der Waals surface area contributed by atoms with Gasteiger partial charge in [-0.05, 0) is 29.7 Å². The first-order chi connectivity index (χ1) is 11.9. The van der Waals surface area contributed by atoms with Crippen molar-refractivity contribution in [2.75, 3.05) is 0 Å². The van der Waals surface area contributed by atoms with Crippen molar-refractivity contribution in [1.29, 1.82) is 0 Å². The summed E-state index contributed by atoms with van der Waals surface area (Å²) in [7, 11) is 0. The second-order valence-corrected chi connectivity index (χ2v) is 6.40. The van der Waals surface area contributed by atoms with Gasteiger partial charge in [0.05, 0.1) is 0 Å². The van der Waals surface area contributed by atoms with Gasteiger partial charge < -0.3 is 15.3 Å². The largest absolute Gasteiger partial charge is 0.366 e. The number of nitrogens with zero attached hydrogens (tertiary/aromatic N) is 2. The van der Waals surface area contributed by atoms with E-state index in [1.807, 2.05) is 12.3 Å². The number of H-pyrrole nitrogens is 1. The predicted molar refractivity (Wildman–Crippen MR) is 98.9 cm³/mol. The number of nitrogens with two attached hydrogens (primary N) is 1. The summed E-state index contributed by atoms with van der Waals surface area (Å²) < 4.78 is 1.72. The Morgan fingerprint density at radius 3 is 2.88 bits per heavy atom. The van der Waals surface area contributed by atoms with Crippen LogP contribution in [0.1, 0.15) is 19.4 Å². The van der Waals surface area contributed by atoms with Crippen LogP contribution in [0.4, 0.5) is 0 Å². The molecule has 0 unspecified atom stereocenters. The van der Waals surface area contributed by atoms with E-state index in [1.54, 1.807) is 35.2 Å². The molecule has 6 nitrogen and oxygen atoms in total. The van der Waals surface area contributed by atoms with Crippen molar-refractivity contribution in [3.8, 4) is 11.1 Å². The maximum atomic E-state index is 12.0. The van der Waals surface area contributed by atoms with Crippen LogP contribution in [-0.4, -0.2) is 20.4 Å². The highest BCUT2D eigenvalue weighted by Crippen LogP contribution is 2.25. The number of fused-ring (bicyclic) bond motifs is 1. The third kappa shape index (κ3) is 3.68. The first-order valence-electron chi connectivity index (χ1n) is 8.09. The lowest BCUT2D eigenvalue weighted by Crippen LogP contribution is -2.20. The lowest BCUT2D eigenvalue weighted by molar-refractivity contribution is -0.113. The molecule has 0 aromatic carbocycles. The Balaban J connectivity index is 2.05. The Bertz CT molecular complexity index is 1010. The van der Waals surface area contributed by atoms with E-state index in [9.17, 15) is 9.59 Å². The van der Waals surface area contributed by atoms with Crippen molar-refractivity contribution in [3.05, 3.63) is 58.8 Å². The van der Waals surface area contributed by atoms with E-state index >= 15 is 0 Å². The Morgan fingerprint density at radius 1 is 1.36 bits per heavy atom. The number of amides is 1. The van der Waals surface area contributed by atoms with Gasteiger partial charge in [-0.1, -0.05) is 13.8 Å². The monoisotopic (exact) mass is 336 g/mol. The number of hydrogen-bond acceptors (Lipinski definition) is 3. The van der Waals surface area contributed by atoms with Crippen LogP contribution in [-0.2, 0) is 11.3 Å². The van der Waals surface area contributed by atoms with Gasteiger partial charge in [0.2, 0.25) is 5.91 Å². The zero-order valence-corrected chi connectivity index (χ0v) is 14.2. The molecule has 3 rings (SSSR count). The minimum atomic E-state index is -0.501. The molecule has 0 aliphatic carbocycles. The molecule has 0 radical (unpaired) electrons. The van der Waals surface area contributed by atoms with E-state index in [0.717, 1.165) is 27.7 Å². The quantitative estimate of drug-likeness (QED) is 0.701. The molecule has 3 N–H and O–H groups in total. The molecule has 0 bridgehead atoms. The van der Waals surface area contributed by atoms with Gasteiger partial charge in [0, 0.05) is 53.8 Å². The second kappa shape index (κ2) is 6.76. The van der Waals surface area contributed by atoms with Gasteiger partial charge >= 0.3 is 0 Å². The van der Waals surface area contributed by atoms with Crippen LogP contribution in [0.3, 0.4) is 0 Å². The molecule has 0 fully saturated rings. The fourth-order valence-electron chi connectivity index (χ4n) is 2.73. The summed E-state index contributed by atoms with van der Waals surface area (Å²) >= 11 is 0. The zero-order valence-electron chi connectivity index (χ0n) is 14.2. The van der Waals surface area contributed by atoms with E-state index < -0.39 is 5.91 Å². The zero-order chi connectivity index (χ0) is 18.0. The maximum absolute atomic E-state index is 12.0. The van der Waals surface area contributed by atoms with Gasteiger partial charge in [0.15, 0.2) is 0 Å². The third-order valence-electron chi connectivity index (χ3n) is 3.87. The normalized spacial score (nSPS) is 11.6. The first-order valence-corrected chi connectivity index (χ1v) is 8.09. The highest BCUT2D eigenvalue weighted by molar-refractivity contribution is 5.95. The molecule has 25 heavy (non-hydrogen) atoms. The van der Waals surface area contributed by atoms with Gasteiger partial charge in [-0.2, -0.15) is 0 Å². The summed E-state index contributed by atoms with van der Waals surface area (Å²) in [6.45, 7) is 4.81.